The van der Waals surface area contributed by atoms with Crippen molar-refractivity contribution in [2.45, 2.75) is 18.9 Å². The number of hydrogen-bond acceptors (Lipinski definition) is 4. The van der Waals surface area contributed by atoms with Crippen LogP contribution in [0.15, 0.2) is 53.1 Å². The summed E-state index contributed by atoms with van der Waals surface area (Å²) in [5, 5.41) is 0. The van der Waals surface area contributed by atoms with Crippen LogP contribution in [-0.2, 0) is 4.79 Å². The molecule has 2 aliphatic rings. The average Bonchev–Trinajstić information content (AvgIpc) is 3.28. The van der Waals surface area contributed by atoms with Crippen molar-refractivity contribution in [1.29, 1.82) is 0 Å². The summed E-state index contributed by atoms with van der Waals surface area (Å²) >= 11 is 0. The number of rotatable bonds is 3. The summed E-state index contributed by atoms with van der Waals surface area (Å²) < 4.78 is 5.26. The SMILES string of the molecule is CN1CCN(C(=O)[C@@H]2CCCN(C(=O)c3ccco3)C2)[C@@H](c2ccccc2)C1. The van der Waals surface area contributed by atoms with Gasteiger partial charge in [-0.1, -0.05) is 30.3 Å². The fourth-order valence-corrected chi connectivity index (χ4v) is 4.30. The van der Waals surface area contributed by atoms with Crippen molar-refractivity contribution in [3.05, 3.63) is 60.1 Å². The first-order chi connectivity index (χ1) is 13.6. The van der Waals surface area contributed by atoms with E-state index >= 15 is 0 Å². The normalized spacial score (nSPS) is 23.6. The van der Waals surface area contributed by atoms with Crippen molar-refractivity contribution in [3.8, 4) is 0 Å². The number of likely N-dealkylation sites (tertiary alicyclic amines) is 1. The maximum absolute atomic E-state index is 13.4. The van der Waals surface area contributed by atoms with Crippen LogP contribution in [0.4, 0.5) is 0 Å². The highest BCUT2D eigenvalue weighted by Crippen LogP contribution is 2.29. The van der Waals surface area contributed by atoms with Gasteiger partial charge in [0.2, 0.25) is 5.91 Å². The summed E-state index contributed by atoms with van der Waals surface area (Å²) in [6.45, 7) is 3.56. The van der Waals surface area contributed by atoms with Gasteiger partial charge in [-0.05, 0) is 37.6 Å². The van der Waals surface area contributed by atoms with Crippen LogP contribution in [0.5, 0.6) is 0 Å². The van der Waals surface area contributed by atoms with E-state index in [4.69, 9.17) is 4.42 Å². The van der Waals surface area contributed by atoms with Crippen LogP contribution in [0.1, 0.15) is 35.0 Å². The monoisotopic (exact) mass is 381 g/mol. The van der Waals surface area contributed by atoms with Crippen LogP contribution < -0.4 is 0 Å². The molecule has 6 nitrogen and oxygen atoms in total. The Morgan fingerprint density at radius 3 is 2.57 bits per heavy atom. The van der Waals surface area contributed by atoms with Gasteiger partial charge in [-0.2, -0.15) is 0 Å². The second kappa shape index (κ2) is 8.19. The molecule has 6 heteroatoms. The lowest BCUT2D eigenvalue weighted by Gasteiger charge is -2.43. The Balaban J connectivity index is 1.49. The van der Waals surface area contributed by atoms with E-state index in [1.807, 2.05) is 23.1 Å². The minimum atomic E-state index is -0.151. The summed E-state index contributed by atoms with van der Waals surface area (Å²) in [7, 11) is 2.10. The molecule has 1 aromatic heterocycles. The van der Waals surface area contributed by atoms with Crippen LogP contribution in [-0.4, -0.2) is 66.3 Å². The van der Waals surface area contributed by atoms with Gasteiger partial charge < -0.3 is 19.1 Å². The molecular weight excluding hydrogens is 354 g/mol. The number of amides is 2. The van der Waals surface area contributed by atoms with Crippen molar-refractivity contribution in [2.75, 3.05) is 39.8 Å². The molecule has 28 heavy (non-hydrogen) atoms. The van der Waals surface area contributed by atoms with Crippen molar-refractivity contribution >= 4 is 11.8 Å². The van der Waals surface area contributed by atoms with Gasteiger partial charge in [-0.15, -0.1) is 0 Å². The minimum Gasteiger partial charge on any atom is -0.459 e. The lowest BCUT2D eigenvalue weighted by Crippen LogP contribution is -2.53. The van der Waals surface area contributed by atoms with E-state index < -0.39 is 0 Å². The molecule has 2 aromatic rings. The Bertz CT molecular complexity index is 806. The molecule has 4 rings (SSSR count). The van der Waals surface area contributed by atoms with Crippen LogP contribution in [0.3, 0.4) is 0 Å². The lowest BCUT2D eigenvalue weighted by molar-refractivity contribution is -0.142. The Morgan fingerprint density at radius 1 is 1.00 bits per heavy atom. The highest BCUT2D eigenvalue weighted by Gasteiger charge is 2.37. The molecule has 2 saturated heterocycles. The summed E-state index contributed by atoms with van der Waals surface area (Å²) in [5.41, 5.74) is 1.17. The number of likely N-dealkylation sites (N-methyl/N-ethyl adjacent to an activating group) is 1. The number of carbonyl (C=O) groups excluding carboxylic acids is 2. The first-order valence-corrected chi connectivity index (χ1v) is 10.00. The molecule has 0 unspecified atom stereocenters. The highest BCUT2D eigenvalue weighted by molar-refractivity contribution is 5.92. The summed E-state index contributed by atoms with van der Waals surface area (Å²) in [6, 6.07) is 13.7. The Morgan fingerprint density at radius 2 is 1.82 bits per heavy atom. The molecule has 2 aliphatic heterocycles. The zero-order chi connectivity index (χ0) is 19.5. The maximum Gasteiger partial charge on any atom is 0.289 e. The number of nitrogens with zero attached hydrogens (tertiary/aromatic N) is 3. The van der Waals surface area contributed by atoms with Crippen molar-refractivity contribution < 1.29 is 14.0 Å². The summed E-state index contributed by atoms with van der Waals surface area (Å²) in [5.74, 6) is 0.233. The minimum absolute atomic E-state index is 0.0589. The van der Waals surface area contributed by atoms with E-state index in [0.717, 1.165) is 32.5 Å². The lowest BCUT2D eigenvalue weighted by atomic mass is 9.93. The zero-order valence-corrected chi connectivity index (χ0v) is 16.3. The maximum atomic E-state index is 13.4. The standard InChI is InChI=1S/C22H27N3O3/c1-23-12-13-25(19(16-23)17-7-3-2-4-8-17)21(26)18-9-5-11-24(15-18)22(27)20-10-6-14-28-20/h2-4,6-8,10,14,18-19H,5,9,11-13,15-16H2,1H3/t18-,19-/m1/s1. The molecule has 0 saturated carbocycles. The van der Waals surface area contributed by atoms with Gasteiger partial charge in [0, 0.05) is 32.7 Å². The fourth-order valence-electron chi connectivity index (χ4n) is 4.30. The van der Waals surface area contributed by atoms with Crippen LogP contribution >= 0.6 is 0 Å². The molecular formula is C22H27N3O3. The summed E-state index contributed by atoms with van der Waals surface area (Å²) in [6.07, 6.45) is 3.18. The molecule has 2 fully saturated rings. The third-order valence-corrected chi connectivity index (χ3v) is 5.84. The quantitative estimate of drug-likeness (QED) is 0.820. The first kappa shape index (κ1) is 18.7. The predicted octanol–water partition coefficient (Wildman–Crippen LogP) is 2.65. The molecule has 0 radical (unpaired) electrons. The van der Waals surface area contributed by atoms with E-state index in [2.05, 4.69) is 24.1 Å². The van der Waals surface area contributed by atoms with Crippen LogP contribution in [0.25, 0.3) is 0 Å². The van der Waals surface area contributed by atoms with E-state index in [-0.39, 0.29) is 23.8 Å². The van der Waals surface area contributed by atoms with Crippen molar-refractivity contribution in [1.82, 2.24) is 14.7 Å². The Labute approximate surface area is 165 Å². The van der Waals surface area contributed by atoms with Gasteiger partial charge >= 0.3 is 0 Å². The predicted molar refractivity (Wildman–Crippen MR) is 106 cm³/mol. The number of piperidine rings is 1. The molecule has 2 atom stereocenters. The Hall–Kier alpha value is -2.60. The number of benzene rings is 1. The van der Waals surface area contributed by atoms with Crippen molar-refractivity contribution in [3.63, 3.8) is 0 Å². The third-order valence-electron chi connectivity index (χ3n) is 5.84. The number of piperazine rings is 1. The van der Waals surface area contributed by atoms with Gasteiger partial charge in [0.1, 0.15) is 0 Å². The molecule has 148 valence electrons. The van der Waals surface area contributed by atoms with Gasteiger partial charge in [0.25, 0.3) is 5.91 Å². The van der Waals surface area contributed by atoms with E-state index in [0.29, 0.717) is 18.8 Å². The van der Waals surface area contributed by atoms with E-state index in [1.165, 1.54) is 11.8 Å². The second-order valence-electron chi connectivity index (χ2n) is 7.79. The molecule has 0 N–H and O–H groups in total. The van der Waals surface area contributed by atoms with Crippen LogP contribution in [0, 0.1) is 5.92 Å². The fraction of sp³-hybridized carbons (Fsp3) is 0.455. The van der Waals surface area contributed by atoms with E-state index in [1.54, 1.807) is 17.0 Å². The smallest absolute Gasteiger partial charge is 0.289 e. The van der Waals surface area contributed by atoms with Gasteiger partial charge in [0.05, 0.1) is 18.2 Å². The van der Waals surface area contributed by atoms with E-state index in [9.17, 15) is 9.59 Å². The Kier molecular flexibility index (Phi) is 5.48. The molecule has 0 spiro atoms. The highest BCUT2D eigenvalue weighted by atomic mass is 16.3. The zero-order valence-electron chi connectivity index (χ0n) is 16.3. The average molecular weight is 381 g/mol. The molecule has 0 aliphatic carbocycles. The summed E-state index contributed by atoms with van der Waals surface area (Å²) in [4.78, 5) is 32.1. The van der Waals surface area contributed by atoms with Crippen LogP contribution in [0.2, 0.25) is 0 Å². The molecule has 1 aromatic carbocycles. The molecule has 3 heterocycles. The third kappa shape index (κ3) is 3.83. The van der Waals surface area contributed by atoms with Gasteiger partial charge in [0.15, 0.2) is 5.76 Å². The number of hydrogen-bond donors (Lipinski definition) is 0. The topological polar surface area (TPSA) is 57.0 Å². The van der Waals surface area contributed by atoms with Gasteiger partial charge in [-0.25, -0.2) is 0 Å². The molecule has 0 bridgehead atoms. The number of furan rings is 1. The number of carbonyl (C=O) groups is 2. The van der Waals surface area contributed by atoms with Crippen molar-refractivity contribution in [2.24, 2.45) is 5.92 Å². The molecule has 2 amide bonds. The largest absolute Gasteiger partial charge is 0.459 e. The first-order valence-electron chi connectivity index (χ1n) is 10.00. The second-order valence-corrected chi connectivity index (χ2v) is 7.79. The van der Waals surface area contributed by atoms with Gasteiger partial charge in [-0.3, -0.25) is 9.59 Å².